The quantitative estimate of drug-likeness (QED) is 0.729. The van der Waals surface area contributed by atoms with Crippen molar-refractivity contribution in [2.45, 2.75) is 0 Å². The number of benzene rings is 1. The Kier molecular flexibility index (Phi) is 4.44. The number of aromatic nitrogens is 3. The molecule has 4 rings (SSSR count). The summed E-state index contributed by atoms with van der Waals surface area (Å²) in [6.07, 6.45) is 5.40. The maximum atomic E-state index is 8.92. The Balaban J connectivity index is 1.48. The monoisotopic (exact) mass is 342 g/mol. The van der Waals surface area contributed by atoms with Crippen LogP contribution < -0.4 is 9.80 Å². The second-order valence-electron chi connectivity index (χ2n) is 6.11. The number of pyridine rings is 1. The molecule has 3 heterocycles. The van der Waals surface area contributed by atoms with Crippen LogP contribution in [-0.4, -0.2) is 41.1 Å². The third-order valence-electron chi connectivity index (χ3n) is 4.51. The van der Waals surface area contributed by atoms with Crippen molar-refractivity contribution in [3.63, 3.8) is 0 Å². The molecule has 0 saturated carbocycles. The first-order valence-electron chi connectivity index (χ1n) is 8.57. The summed E-state index contributed by atoms with van der Waals surface area (Å²) in [4.78, 5) is 18.1. The van der Waals surface area contributed by atoms with Crippen LogP contribution in [0.5, 0.6) is 0 Å². The number of rotatable bonds is 3. The largest absolute Gasteiger partial charge is 0.353 e. The van der Waals surface area contributed by atoms with Gasteiger partial charge in [0.1, 0.15) is 11.6 Å². The molecule has 0 unspecified atom stereocenters. The molecule has 1 aliphatic heterocycles. The van der Waals surface area contributed by atoms with E-state index in [9.17, 15) is 0 Å². The highest BCUT2D eigenvalue weighted by Crippen LogP contribution is 2.21. The van der Waals surface area contributed by atoms with Gasteiger partial charge in [0.05, 0.1) is 29.7 Å². The van der Waals surface area contributed by atoms with E-state index in [0.29, 0.717) is 5.56 Å². The summed E-state index contributed by atoms with van der Waals surface area (Å²) in [5.74, 6) is 1.90. The molecule has 0 amide bonds. The molecule has 0 aliphatic carbocycles. The first-order valence-corrected chi connectivity index (χ1v) is 8.57. The first kappa shape index (κ1) is 16.0. The smallest absolute Gasteiger partial charge is 0.147 e. The van der Waals surface area contributed by atoms with E-state index in [1.165, 1.54) is 0 Å². The molecule has 1 fully saturated rings. The van der Waals surface area contributed by atoms with Crippen molar-refractivity contribution in [1.29, 1.82) is 5.26 Å². The van der Waals surface area contributed by atoms with Gasteiger partial charge in [-0.05, 0) is 24.3 Å². The summed E-state index contributed by atoms with van der Waals surface area (Å²) < 4.78 is 0. The normalized spacial score (nSPS) is 14.1. The minimum atomic E-state index is 0.642. The third-order valence-corrected chi connectivity index (χ3v) is 4.51. The number of anilines is 2. The van der Waals surface area contributed by atoms with Crippen molar-refractivity contribution in [2.75, 3.05) is 36.0 Å². The summed E-state index contributed by atoms with van der Waals surface area (Å²) in [5, 5.41) is 8.92. The second kappa shape index (κ2) is 7.19. The summed E-state index contributed by atoms with van der Waals surface area (Å²) in [6.45, 7) is 3.56. The van der Waals surface area contributed by atoms with Gasteiger partial charge in [0, 0.05) is 37.9 Å². The number of hydrogen-bond donors (Lipinski definition) is 0. The molecule has 6 nitrogen and oxygen atoms in total. The topological polar surface area (TPSA) is 68.9 Å². The maximum Gasteiger partial charge on any atom is 0.147 e. The van der Waals surface area contributed by atoms with Gasteiger partial charge in [-0.25, -0.2) is 9.97 Å². The van der Waals surface area contributed by atoms with Crippen molar-refractivity contribution >= 4 is 11.6 Å². The van der Waals surface area contributed by atoms with Crippen molar-refractivity contribution in [1.82, 2.24) is 15.0 Å². The van der Waals surface area contributed by atoms with E-state index in [1.54, 1.807) is 18.3 Å². The van der Waals surface area contributed by atoms with Crippen LogP contribution in [0.2, 0.25) is 0 Å². The molecule has 128 valence electrons. The average Bonchev–Trinajstić information content (AvgIpc) is 2.75. The number of nitrogens with zero attached hydrogens (tertiary/aromatic N) is 6. The lowest BCUT2D eigenvalue weighted by Crippen LogP contribution is -2.47. The summed E-state index contributed by atoms with van der Waals surface area (Å²) >= 11 is 0. The van der Waals surface area contributed by atoms with Crippen LogP contribution in [0.3, 0.4) is 0 Å². The fourth-order valence-electron chi connectivity index (χ4n) is 3.07. The van der Waals surface area contributed by atoms with Gasteiger partial charge in [-0.15, -0.1) is 0 Å². The molecule has 0 N–H and O–H groups in total. The van der Waals surface area contributed by atoms with Crippen LogP contribution in [0.25, 0.3) is 11.3 Å². The predicted molar refractivity (Wildman–Crippen MR) is 101 cm³/mol. The SMILES string of the molecule is N#Cc1ccc(-c2cncc(N3CCN(c4ccccn4)CC3)n2)cc1. The molecule has 6 heteroatoms. The Labute approximate surface area is 152 Å². The number of hydrogen-bond acceptors (Lipinski definition) is 6. The summed E-state index contributed by atoms with van der Waals surface area (Å²) in [6, 6.07) is 15.5. The van der Waals surface area contributed by atoms with Gasteiger partial charge in [0.25, 0.3) is 0 Å². The van der Waals surface area contributed by atoms with Gasteiger partial charge in [0.2, 0.25) is 0 Å². The number of nitriles is 1. The average molecular weight is 342 g/mol. The molecule has 1 aromatic carbocycles. The molecule has 0 atom stereocenters. The molecular formula is C20H18N6. The zero-order valence-electron chi connectivity index (χ0n) is 14.3. The first-order chi connectivity index (χ1) is 12.8. The lowest BCUT2D eigenvalue weighted by molar-refractivity contribution is 0.641. The van der Waals surface area contributed by atoms with E-state index in [1.807, 2.05) is 42.7 Å². The Bertz CT molecular complexity index is 909. The minimum Gasteiger partial charge on any atom is -0.353 e. The Morgan fingerprint density at radius 1 is 0.846 bits per heavy atom. The van der Waals surface area contributed by atoms with Gasteiger partial charge >= 0.3 is 0 Å². The van der Waals surface area contributed by atoms with E-state index in [2.05, 4.69) is 25.8 Å². The molecule has 3 aromatic rings. The van der Waals surface area contributed by atoms with Gasteiger partial charge < -0.3 is 9.80 Å². The van der Waals surface area contributed by atoms with Crippen LogP contribution in [-0.2, 0) is 0 Å². The summed E-state index contributed by atoms with van der Waals surface area (Å²) in [5.41, 5.74) is 2.42. The lowest BCUT2D eigenvalue weighted by Gasteiger charge is -2.35. The van der Waals surface area contributed by atoms with Crippen molar-refractivity contribution < 1.29 is 0 Å². The molecule has 0 bridgehead atoms. The highest BCUT2D eigenvalue weighted by molar-refractivity contribution is 5.61. The molecule has 1 saturated heterocycles. The van der Waals surface area contributed by atoms with E-state index in [-0.39, 0.29) is 0 Å². The Hall–Kier alpha value is -3.46. The number of piperazine rings is 1. The van der Waals surface area contributed by atoms with Gasteiger partial charge in [-0.2, -0.15) is 5.26 Å². The third kappa shape index (κ3) is 3.33. The zero-order chi connectivity index (χ0) is 17.8. The standard InChI is InChI=1S/C20H18N6/c21-13-16-4-6-17(7-5-16)18-14-22-15-20(24-18)26-11-9-25(10-12-26)19-3-1-2-8-23-19/h1-8,14-15H,9-12H2. The van der Waals surface area contributed by atoms with Gasteiger partial charge in [-0.3, -0.25) is 4.98 Å². The van der Waals surface area contributed by atoms with Gasteiger partial charge in [-0.1, -0.05) is 18.2 Å². The Morgan fingerprint density at radius 2 is 1.58 bits per heavy atom. The fraction of sp³-hybridized carbons (Fsp3) is 0.200. The second-order valence-corrected chi connectivity index (χ2v) is 6.11. The van der Waals surface area contributed by atoms with Gasteiger partial charge in [0.15, 0.2) is 0 Å². The van der Waals surface area contributed by atoms with Crippen LogP contribution >= 0.6 is 0 Å². The van der Waals surface area contributed by atoms with E-state index >= 15 is 0 Å². The van der Waals surface area contributed by atoms with Crippen molar-refractivity contribution in [3.05, 3.63) is 66.6 Å². The zero-order valence-corrected chi connectivity index (χ0v) is 14.3. The van der Waals surface area contributed by atoms with Crippen molar-refractivity contribution in [2.24, 2.45) is 0 Å². The highest BCUT2D eigenvalue weighted by Gasteiger charge is 2.19. The molecular weight excluding hydrogens is 324 g/mol. The molecule has 26 heavy (non-hydrogen) atoms. The fourth-order valence-corrected chi connectivity index (χ4v) is 3.07. The highest BCUT2D eigenvalue weighted by atomic mass is 15.3. The Morgan fingerprint density at radius 3 is 2.23 bits per heavy atom. The molecule has 0 spiro atoms. The predicted octanol–water partition coefficient (Wildman–Crippen LogP) is 2.74. The summed E-state index contributed by atoms with van der Waals surface area (Å²) in [7, 11) is 0. The maximum absolute atomic E-state index is 8.92. The van der Waals surface area contributed by atoms with E-state index in [4.69, 9.17) is 10.2 Å². The molecule has 0 radical (unpaired) electrons. The minimum absolute atomic E-state index is 0.642. The molecule has 1 aliphatic rings. The van der Waals surface area contributed by atoms with Crippen LogP contribution in [0, 0.1) is 11.3 Å². The lowest BCUT2D eigenvalue weighted by atomic mass is 10.1. The van der Waals surface area contributed by atoms with E-state index < -0.39 is 0 Å². The van der Waals surface area contributed by atoms with Crippen LogP contribution in [0.4, 0.5) is 11.6 Å². The van der Waals surface area contributed by atoms with Crippen LogP contribution in [0.15, 0.2) is 61.1 Å². The molecule has 2 aromatic heterocycles. The van der Waals surface area contributed by atoms with Crippen molar-refractivity contribution in [3.8, 4) is 17.3 Å². The van der Waals surface area contributed by atoms with E-state index in [0.717, 1.165) is 49.1 Å². The van der Waals surface area contributed by atoms with Crippen LogP contribution in [0.1, 0.15) is 5.56 Å².